The normalized spacial score (nSPS) is 23.3. The number of morpholine rings is 1. The van der Waals surface area contributed by atoms with Gasteiger partial charge in [0.2, 0.25) is 0 Å². The van der Waals surface area contributed by atoms with E-state index in [1.807, 2.05) is 48.5 Å². The van der Waals surface area contributed by atoms with E-state index in [1.165, 1.54) is 11.8 Å². The molecule has 8 heteroatoms. The number of carbonyl (C=O) groups is 1. The first-order chi connectivity index (χ1) is 16.7. The Bertz CT molecular complexity index is 1080. The predicted molar refractivity (Wildman–Crippen MR) is 136 cm³/mol. The van der Waals surface area contributed by atoms with Crippen molar-refractivity contribution in [2.75, 3.05) is 51.5 Å². The number of methoxy groups -OCH3 is 1. The summed E-state index contributed by atoms with van der Waals surface area (Å²) in [7, 11) is 1.66. The van der Waals surface area contributed by atoms with Crippen molar-refractivity contribution >= 4 is 40.3 Å². The van der Waals surface area contributed by atoms with Crippen LogP contribution in [0, 0.1) is 0 Å². The quantitative estimate of drug-likeness (QED) is 0.575. The fraction of sp³-hybridized carbons (Fsp3) is 0.385. The van der Waals surface area contributed by atoms with E-state index < -0.39 is 0 Å². The van der Waals surface area contributed by atoms with Crippen LogP contribution in [0.3, 0.4) is 0 Å². The van der Waals surface area contributed by atoms with E-state index >= 15 is 0 Å². The van der Waals surface area contributed by atoms with E-state index in [0.717, 1.165) is 68.4 Å². The lowest BCUT2D eigenvalue weighted by Gasteiger charge is -2.29. The zero-order valence-corrected chi connectivity index (χ0v) is 20.1. The highest BCUT2D eigenvalue weighted by molar-refractivity contribution is 8.18. The third kappa shape index (κ3) is 5.14. The maximum atomic E-state index is 13.4. The number of amides is 1. The van der Waals surface area contributed by atoms with Crippen LogP contribution in [0.1, 0.15) is 18.4 Å². The molecule has 34 heavy (non-hydrogen) atoms. The number of carbonyl (C=O) groups excluding carboxylic acids is 1. The molecule has 3 saturated heterocycles. The van der Waals surface area contributed by atoms with Gasteiger partial charge in [0.25, 0.3) is 5.91 Å². The van der Waals surface area contributed by atoms with E-state index in [9.17, 15) is 4.79 Å². The molecule has 0 saturated carbocycles. The zero-order valence-electron chi connectivity index (χ0n) is 19.3. The van der Waals surface area contributed by atoms with Gasteiger partial charge in [-0.1, -0.05) is 18.2 Å². The first-order valence-electron chi connectivity index (χ1n) is 11.7. The second kappa shape index (κ2) is 10.6. The molecule has 0 bridgehead atoms. The molecule has 178 valence electrons. The molecule has 3 aliphatic rings. The van der Waals surface area contributed by atoms with Crippen molar-refractivity contribution in [2.24, 2.45) is 4.99 Å². The van der Waals surface area contributed by atoms with Crippen LogP contribution in [0.4, 0.5) is 11.4 Å². The lowest BCUT2D eigenvalue weighted by Crippen LogP contribution is -2.36. The Morgan fingerprint density at radius 3 is 2.71 bits per heavy atom. The van der Waals surface area contributed by atoms with E-state index in [-0.39, 0.29) is 12.0 Å². The van der Waals surface area contributed by atoms with Crippen LogP contribution in [-0.4, -0.2) is 68.6 Å². The van der Waals surface area contributed by atoms with Crippen LogP contribution < -0.4 is 9.64 Å². The molecule has 3 heterocycles. The summed E-state index contributed by atoms with van der Waals surface area (Å²) in [5.41, 5.74) is 2.79. The summed E-state index contributed by atoms with van der Waals surface area (Å²) in [5.74, 6) is 0.693. The van der Waals surface area contributed by atoms with E-state index in [4.69, 9.17) is 19.2 Å². The monoisotopic (exact) mass is 479 g/mol. The molecular weight excluding hydrogens is 450 g/mol. The van der Waals surface area contributed by atoms with E-state index in [2.05, 4.69) is 11.0 Å². The van der Waals surface area contributed by atoms with Gasteiger partial charge in [0.05, 0.1) is 43.6 Å². The van der Waals surface area contributed by atoms with Gasteiger partial charge in [0.1, 0.15) is 5.75 Å². The van der Waals surface area contributed by atoms with Crippen LogP contribution in [-0.2, 0) is 14.3 Å². The maximum Gasteiger partial charge on any atom is 0.266 e. The maximum absolute atomic E-state index is 13.4. The Morgan fingerprint density at radius 2 is 1.97 bits per heavy atom. The minimum absolute atomic E-state index is 0.0468. The highest BCUT2D eigenvalue weighted by Gasteiger charge is 2.36. The molecule has 0 spiro atoms. The number of hydrogen-bond donors (Lipinski definition) is 0. The summed E-state index contributed by atoms with van der Waals surface area (Å²) in [6.07, 6.45) is 3.95. The van der Waals surface area contributed by atoms with Crippen molar-refractivity contribution < 1.29 is 19.0 Å². The fourth-order valence-corrected chi connectivity index (χ4v) is 5.33. The SMILES string of the molecule is COc1cc(N2CCOCC2)ccc1/C=C1/SC(=Nc2ccccc2)N(C[C@H]2CCCO2)C1=O. The molecule has 2 aromatic rings. The fourth-order valence-electron chi connectivity index (χ4n) is 4.34. The first-order valence-corrected chi connectivity index (χ1v) is 12.5. The summed E-state index contributed by atoms with van der Waals surface area (Å²) in [4.78, 5) is 22.9. The lowest BCUT2D eigenvalue weighted by molar-refractivity contribution is -0.123. The van der Waals surface area contributed by atoms with Crippen LogP contribution in [0.25, 0.3) is 6.08 Å². The Hall–Kier alpha value is -2.81. The standard InChI is InChI=1S/C26H29N3O4S/c1-31-23-17-21(28-11-14-32-15-12-28)10-9-19(23)16-24-25(30)29(18-22-8-5-13-33-22)26(34-24)27-20-6-3-2-4-7-20/h2-4,6-7,9-10,16-17,22H,5,8,11-15,18H2,1H3/b24-16+,27-26?/t22-/m1/s1. The number of aliphatic imine (C=N–C) groups is 1. The van der Waals surface area contributed by atoms with Crippen molar-refractivity contribution in [3.05, 3.63) is 59.0 Å². The van der Waals surface area contributed by atoms with Gasteiger partial charge in [-0.05, 0) is 54.9 Å². The summed E-state index contributed by atoms with van der Waals surface area (Å²) < 4.78 is 17.0. The van der Waals surface area contributed by atoms with Crippen LogP contribution >= 0.6 is 11.8 Å². The summed E-state index contributed by atoms with van der Waals surface area (Å²) >= 11 is 1.40. The van der Waals surface area contributed by atoms with Crippen molar-refractivity contribution in [1.82, 2.24) is 4.90 Å². The molecule has 5 rings (SSSR count). The minimum atomic E-state index is -0.0468. The van der Waals surface area contributed by atoms with Crippen LogP contribution in [0.15, 0.2) is 58.4 Å². The van der Waals surface area contributed by atoms with Gasteiger partial charge in [-0.25, -0.2) is 4.99 Å². The van der Waals surface area contributed by atoms with Gasteiger partial charge >= 0.3 is 0 Å². The second-order valence-electron chi connectivity index (χ2n) is 8.42. The number of amidine groups is 1. The van der Waals surface area contributed by atoms with E-state index in [0.29, 0.717) is 16.6 Å². The summed E-state index contributed by atoms with van der Waals surface area (Å²) in [6, 6.07) is 15.9. The van der Waals surface area contributed by atoms with Crippen molar-refractivity contribution in [2.45, 2.75) is 18.9 Å². The Morgan fingerprint density at radius 1 is 1.15 bits per heavy atom. The molecule has 2 aromatic carbocycles. The molecule has 1 amide bonds. The molecule has 0 aliphatic carbocycles. The van der Waals surface area contributed by atoms with Gasteiger partial charge in [0, 0.05) is 37.0 Å². The highest BCUT2D eigenvalue weighted by Crippen LogP contribution is 2.37. The Balaban J connectivity index is 1.43. The van der Waals surface area contributed by atoms with Crippen molar-refractivity contribution in [1.29, 1.82) is 0 Å². The van der Waals surface area contributed by atoms with Gasteiger partial charge in [-0.3, -0.25) is 9.69 Å². The predicted octanol–water partition coefficient (Wildman–Crippen LogP) is 4.31. The highest BCUT2D eigenvalue weighted by atomic mass is 32.2. The molecule has 1 atom stereocenters. The average Bonchev–Trinajstić information content (AvgIpc) is 3.50. The number of rotatable bonds is 6. The van der Waals surface area contributed by atoms with Crippen molar-refractivity contribution in [3.63, 3.8) is 0 Å². The average molecular weight is 480 g/mol. The lowest BCUT2D eigenvalue weighted by atomic mass is 10.1. The largest absolute Gasteiger partial charge is 0.496 e. The number of para-hydroxylation sites is 1. The van der Waals surface area contributed by atoms with Gasteiger partial charge in [-0.2, -0.15) is 0 Å². The number of hydrogen-bond acceptors (Lipinski definition) is 7. The van der Waals surface area contributed by atoms with Crippen LogP contribution in [0.5, 0.6) is 5.75 Å². The van der Waals surface area contributed by atoms with Gasteiger partial charge in [0.15, 0.2) is 5.17 Å². The molecular formula is C26H29N3O4S. The first kappa shape index (κ1) is 23.0. The van der Waals surface area contributed by atoms with Crippen molar-refractivity contribution in [3.8, 4) is 5.75 Å². The number of benzene rings is 2. The van der Waals surface area contributed by atoms with Gasteiger partial charge < -0.3 is 19.1 Å². The number of ether oxygens (including phenoxy) is 3. The summed E-state index contributed by atoms with van der Waals surface area (Å²) in [6.45, 7) is 4.43. The zero-order chi connectivity index (χ0) is 23.3. The number of nitrogens with zero attached hydrogens (tertiary/aromatic N) is 3. The molecule has 0 N–H and O–H groups in total. The third-order valence-electron chi connectivity index (χ3n) is 6.16. The van der Waals surface area contributed by atoms with E-state index in [1.54, 1.807) is 12.0 Å². The molecule has 3 fully saturated rings. The topological polar surface area (TPSA) is 63.6 Å². The van der Waals surface area contributed by atoms with Gasteiger partial charge in [-0.15, -0.1) is 0 Å². The van der Waals surface area contributed by atoms with Crippen LogP contribution in [0.2, 0.25) is 0 Å². The smallest absolute Gasteiger partial charge is 0.266 e. The molecule has 7 nitrogen and oxygen atoms in total. The molecule has 3 aliphatic heterocycles. The summed E-state index contributed by atoms with van der Waals surface area (Å²) in [5, 5.41) is 0.682. The minimum Gasteiger partial charge on any atom is -0.496 e. The Kier molecular flexibility index (Phi) is 7.18. The number of anilines is 1. The number of thioether (sulfide) groups is 1. The molecule has 0 unspecified atom stereocenters. The third-order valence-corrected chi connectivity index (χ3v) is 7.17. The molecule has 0 radical (unpaired) electrons. The molecule has 0 aromatic heterocycles. The Labute approximate surface area is 204 Å². The second-order valence-corrected chi connectivity index (χ2v) is 9.43.